The molecule has 0 atom stereocenters. The summed E-state index contributed by atoms with van der Waals surface area (Å²) in [4.78, 5) is 24.2. The lowest BCUT2D eigenvalue weighted by atomic mass is 10.1. The van der Waals surface area contributed by atoms with Crippen LogP contribution in [0.3, 0.4) is 0 Å². The minimum atomic E-state index is -0.214. The molecule has 3 aromatic carbocycles. The zero-order valence-electron chi connectivity index (χ0n) is 18.9. The second-order valence-electron chi connectivity index (χ2n) is 7.29. The van der Waals surface area contributed by atoms with Gasteiger partial charge in [-0.15, -0.1) is 0 Å². The first-order chi connectivity index (χ1) is 16.1. The van der Waals surface area contributed by atoms with E-state index in [4.69, 9.17) is 9.47 Å². The van der Waals surface area contributed by atoms with Crippen molar-refractivity contribution in [2.45, 2.75) is 20.3 Å². The Balaban J connectivity index is 1.51. The van der Waals surface area contributed by atoms with Gasteiger partial charge in [0, 0.05) is 17.8 Å². The minimum absolute atomic E-state index is 0.0567. The molecular weight excluding hydrogens is 418 g/mol. The fourth-order valence-corrected chi connectivity index (χ4v) is 3.09. The largest absolute Gasteiger partial charge is 0.490 e. The van der Waals surface area contributed by atoms with E-state index in [9.17, 15) is 9.59 Å². The van der Waals surface area contributed by atoms with Crippen molar-refractivity contribution in [3.63, 3.8) is 0 Å². The van der Waals surface area contributed by atoms with Gasteiger partial charge < -0.3 is 25.4 Å². The van der Waals surface area contributed by atoms with Gasteiger partial charge in [-0.25, -0.2) is 0 Å². The van der Waals surface area contributed by atoms with Crippen LogP contribution in [0.15, 0.2) is 72.8 Å². The molecule has 0 aliphatic carbocycles. The van der Waals surface area contributed by atoms with Gasteiger partial charge in [0.2, 0.25) is 11.8 Å². The summed E-state index contributed by atoms with van der Waals surface area (Å²) in [6.07, 6.45) is 0.402. The number of ether oxygens (including phenoxy) is 2. The zero-order chi connectivity index (χ0) is 23.5. The number of anilines is 3. The van der Waals surface area contributed by atoms with E-state index in [1.165, 1.54) is 0 Å². The van der Waals surface area contributed by atoms with Gasteiger partial charge in [0.15, 0.2) is 0 Å². The van der Waals surface area contributed by atoms with Gasteiger partial charge in [0.1, 0.15) is 24.7 Å². The Morgan fingerprint density at radius 1 is 0.727 bits per heavy atom. The second kappa shape index (κ2) is 12.1. The van der Waals surface area contributed by atoms with E-state index in [1.54, 1.807) is 19.1 Å². The third-order valence-electron chi connectivity index (χ3n) is 4.88. The van der Waals surface area contributed by atoms with Crippen LogP contribution in [0.4, 0.5) is 17.1 Å². The predicted molar refractivity (Wildman–Crippen MR) is 131 cm³/mol. The summed E-state index contributed by atoms with van der Waals surface area (Å²) >= 11 is 0. The van der Waals surface area contributed by atoms with E-state index in [0.717, 1.165) is 22.7 Å². The highest BCUT2D eigenvalue weighted by Crippen LogP contribution is 2.25. The monoisotopic (exact) mass is 447 g/mol. The molecule has 0 aliphatic heterocycles. The molecule has 0 fully saturated rings. The second-order valence-corrected chi connectivity index (χ2v) is 7.29. The molecule has 2 amide bonds. The summed E-state index contributed by atoms with van der Waals surface area (Å²) in [5.41, 5.74) is 2.96. The van der Waals surface area contributed by atoms with Crippen LogP contribution in [0.5, 0.6) is 11.5 Å². The molecule has 33 heavy (non-hydrogen) atoms. The predicted octanol–water partition coefficient (Wildman–Crippen LogP) is 4.85. The molecule has 7 nitrogen and oxygen atoms in total. The van der Waals surface area contributed by atoms with Crippen LogP contribution < -0.4 is 25.4 Å². The summed E-state index contributed by atoms with van der Waals surface area (Å²) < 4.78 is 11.4. The maximum Gasteiger partial charge on any atom is 0.243 e. The molecule has 0 aliphatic rings. The Labute approximate surface area is 194 Å². The average Bonchev–Trinajstić information content (AvgIpc) is 2.84. The van der Waals surface area contributed by atoms with Crippen LogP contribution in [-0.2, 0) is 9.59 Å². The fraction of sp³-hybridized carbons (Fsp3) is 0.231. The first-order valence-corrected chi connectivity index (χ1v) is 10.9. The topological polar surface area (TPSA) is 88.7 Å². The number of benzene rings is 3. The van der Waals surface area contributed by atoms with E-state index in [2.05, 4.69) is 16.0 Å². The van der Waals surface area contributed by atoms with Crippen LogP contribution in [0.2, 0.25) is 0 Å². The number of para-hydroxylation sites is 3. The lowest BCUT2D eigenvalue weighted by Crippen LogP contribution is -2.23. The fourth-order valence-electron chi connectivity index (χ4n) is 3.09. The highest BCUT2D eigenvalue weighted by molar-refractivity contribution is 5.96. The van der Waals surface area contributed by atoms with Crippen LogP contribution in [0, 0.1) is 6.92 Å². The lowest BCUT2D eigenvalue weighted by molar-refractivity contribution is -0.116. The highest BCUT2D eigenvalue weighted by atomic mass is 16.5. The molecule has 0 heterocycles. The summed E-state index contributed by atoms with van der Waals surface area (Å²) in [7, 11) is 0. The molecule has 0 spiro atoms. The number of amides is 2. The Morgan fingerprint density at radius 3 is 2.15 bits per heavy atom. The van der Waals surface area contributed by atoms with Crippen LogP contribution in [0.1, 0.15) is 18.9 Å². The summed E-state index contributed by atoms with van der Waals surface area (Å²) in [6.45, 7) is 4.49. The van der Waals surface area contributed by atoms with Crippen molar-refractivity contribution >= 4 is 28.9 Å². The van der Waals surface area contributed by atoms with Gasteiger partial charge in [0.05, 0.1) is 12.2 Å². The first kappa shape index (κ1) is 23.7. The maximum absolute atomic E-state index is 12.5. The van der Waals surface area contributed by atoms with Crippen molar-refractivity contribution < 1.29 is 19.1 Å². The van der Waals surface area contributed by atoms with Crippen molar-refractivity contribution in [2.75, 3.05) is 35.7 Å². The number of carbonyl (C=O) groups is 2. The van der Waals surface area contributed by atoms with Crippen molar-refractivity contribution in [3.8, 4) is 11.5 Å². The van der Waals surface area contributed by atoms with Gasteiger partial charge in [-0.1, -0.05) is 43.3 Å². The van der Waals surface area contributed by atoms with Gasteiger partial charge in [-0.3, -0.25) is 9.59 Å². The van der Waals surface area contributed by atoms with Gasteiger partial charge >= 0.3 is 0 Å². The van der Waals surface area contributed by atoms with Crippen molar-refractivity contribution in [2.24, 2.45) is 0 Å². The number of nitrogens with one attached hydrogen (secondary N) is 3. The molecule has 172 valence electrons. The minimum Gasteiger partial charge on any atom is -0.490 e. The van der Waals surface area contributed by atoms with Crippen molar-refractivity contribution in [1.29, 1.82) is 0 Å². The quantitative estimate of drug-likeness (QED) is 0.366. The van der Waals surface area contributed by atoms with E-state index >= 15 is 0 Å². The Hall–Kier alpha value is -4.00. The van der Waals surface area contributed by atoms with Crippen LogP contribution in [-0.4, -0.2) is 31.6 Å². The Kier molecular flexibility index (Phi) is 8.71. The molecule has 0 bridgehead atoms. The van der Waals surface area contributed by atoms with E-state index in [0.29, 0.717) is 31.1 Å². The molecule has 0 saturated carbocycles. The maximum atomic E-state index is 12.5. The smallest absolute Gasteiger partial charge is 0.243 e. The molecule has 0 aromatic heterocycles. The van der Waals surface area contributed by atoms with Crippen LogP contribution in [0.25, 0.3) is 0 Å². The number of hydrogen-bond acceptors (Lipinski definition) is 5. The first-order valence-electron chi connectivity index (χ1n) is 10.9. The molecule has 3 aromatic rings. The van der Waals surface area contributed by atoms with Gasteiger partial charge in [-0.05, 0) is 48.9 Å². The van der Waals surface area contributed by atoms with Gasteiger partial charge in [-0.2, -0.15) is 0 Å². The average molecular weight is 448 g/mol. The highest BCUT2D eigenvalue weighted by Gasteiger charge is 2.10. The standard InChI is InChI=1S/C26H29N3O4/c1-3-25(30)28-22-14-9-13-21(19(22)2)27-18-26(31)29-23-12-7-8-15-24(23)33-17-16-32-20-10-5-4-6-11-20/h4-15,27H,3,16-18H2,1-2H3,(H,28,30)(H,29,31). The summed E-state index contributed by atoms with van der Waals surface area (Å²) in [5.74, 6) is 1.08. The molecule has 0 unspecified atom stereocenters. The molecule has 7 heteroatoms. The van der Waals surface area contributed by atoms with E-state index in [-0.39, 0.29) is 18.4 Å². The number of rotatable bonds is 11. The van der Waals surface area contributed by atoms with Gasteiger partial charge in [0.25, 0.3) is 0 Å². The summed E-state index contributed by atoms with van der Waals surface area (Å²) in [5, 5.41) is 8.87. The Bertz CT molecular complexity index is 1070. The third-order valence-corrected chi connectivity index (χ3v) is 4.88. The third kappa shape index (κ3) is 7.28. The summed E-state index contributed by atoms with van der Waals surface area (Å²) in [6, 6.07) is 22.3. The lowest BCUT2D eigenvalue weighted by Gasteiger charge is -2.15. The molecule has 3 rings (SSSR count). The zero-order valence-corrected chi connectivity index (χ0v) is 18.9. The molecule has 3 N–H and O–H groups in total. The number of carbonyl (C=O) groups excluding carboxylic acids is 2. The molecule has 0 saturated heterocycles. The molecule has 0 radical (unpaired) electrons. The van der Waals surface area contributed by atoms with Crippen molar-refractivity contribution in [1.82, 2.24) is 0 Å². The molecular formula is C26H29N3O4. The number of hydrogen-bond donors (Lipinski definition) is 3. The normalized spacial score (nSPS) is 10.2. The Morgan fingerprint density at radius 2 is 1.36 bits per heavy atom. The van der Waals surface area contributed by atoms with Crippen LogP contribution >= 0.6 is 0 Å². The SMILES string of the molecule is CCC(=O)Nc1cccc(NCC(=O)Nc2ccccc2OCCOc2ccccc2)c1C. The van der Waals surface area contributed by atoms with E-state index < -0.39 is 0 Å². The van der Waals surface area contributed by atoms with Crippen molar-refractivity contribution in [3.05, 3.63) is 78.4 Å². The van der Waals surface area contributed by atoms with E-state index in [1.807, 2.05) is 67.6 Å².